The van der Waals surface area contributed by atoms with E-state index in [0.29, 0.717) is 18.5 Å². The van der Waals surface area contributed by atoms with Gasteiger partial charge in [0, 0.05) is 6.54 Å². The lowest BCUT2D eigenvalue weighted by Gasteiger charge is -2.13. The zero-order valence-corrected chi connectivity index (χ0v) is 12.4. The molecule has 0 unspecified atom stereocenters. The highest BCUT2D eigenvalue weighted by Crippen LogP contribution is 2.29. The van der Waals surface area contributed by atoms with Crippen LogP contribution in [0.1, 0.15) is 16.8 Å². The minimum Gasteiger partial charge on any atom is -0.389 e. The smallest absolute Gasteiger partial charge is 0.389 e. The molecule has 2 heterocycles. The van der Waals surface area contributed by atoms with Crippen LogP contribution in [-0.4, -0.2) is 16.5 Å². The minimum absolute atomic E-state index is 0.00857. The normalized spacial score (nSPS) is 11.4. The van der Waals surface area contributed by atoms with Gasteiger partial charge in [-0.3, -0.25) is 0 Å². The molecule has 0 saturated carbocycles. The van der Waals surface area contributed by atoms with Crippen molar-refractivity contribution in [2.24, 2.45) is 5.73 Å². The van der Waals surface area contributed by atoms with E-state index in [9.17, 15) is 13.2 Å². The molecular weight excluding hydrogens is 319 g/mol. The summed E-state index contributed by atoms with van der Waals surface area (Å²) in [6.45, 7) is 0.445. The Hall–Kier alpha value is -1.67. The van der Waals surface area contributed by atoms with Crippen LogP contribution in [0.25, 0.3) is 0 Å². The van der Waals surface area contributed by atoms with E-state index in [-0.39, 0.29) is 10.8 Å². The van der Waals surface area contributed by atoms with Gasteiger partial charge in [0.15, 0.2) is 0 Å². The molecule has 0 saturated heterocycles. The molecule has 21 heavy (non-hydrogen) atoms. The van der Waals surface area contributed by atoms with Gasteiger partial charge in [-0.15, -0.1) is 0 Å². The fourth-order valence-corrected chi connectivity index (χ4v) is 2.58. The highest BCUT2D eigenvalue weighted by Gasteiger charge is 2.33. The molecule has 0 aromatic carbocycles. The van der Waals surface area contributed by atoms with Crippen molar-refractivity contribution in [2.45, 2.75) is 12.6 Å². The Balaban J connectivity index is 2.16. The summed E-state index contributed by atoms with van der Waals surface area (Å²) < 4.78 is 38.1. The number of halogens is 3. The second-order valence-electron chi connectivity index (χ2n) is 4.26. The topological polar surface area (TPSA) is 50.9 Å². The van der Waals surface area contributed by atoms with Crippen LogP contribution in [0.5, 0.6) is 0 Å². The van der Waals surface area contributed by atoms with E-state index in [4.69, 9.17) is 18.0 Å². The third-order valence-electron chi connectivity index (χ3n) is 2.74. The molecule has 2 rings (SSSR count). The molecular formula is C13H12F3N3S2. The standard InChI is InChI=1S/C13H12F3N3S2/c14-13(15,16)10-2-1-9(11(17)20)12(19-10)18-5-3-8-4-6-21-7-8/h1-2,4,6-7H,3,5H2,(H2,17,20)(H,18,19). The van der Waals surface area contributed by atoms with Crippen molar-refractivity contribution in [1.82, 2.24) is 4.98 Å². The van der Waals surface area contributed by atoms with Gasteiger partial charge < -0.3 is 11.1 Å². The summed E-state index contributed by atoms with van der Waals surface area (Å²) >= 11 is 6.40. The van der Waals surface area contributed by atoms with Gasteiger partial charge in [0.2, 0.25) is 0 Å². The maximum Gasteiger partial charge on any atom is 0.433 e. The summed E-state index contributed by atoms with van der Waals surface area (Å²) in [6.07, 6.45) is -3.82. The molecule has 0 amide bonds. The number of nitrogens with zero attached hydrogens (tertiary/aromatic N) is 1. The molecule has 2 aromatic heterocycles. The van der Waals surface area contributed by atoms with Crippen molar-refractivity contribution in [3.63, 3.8) is 0 Å². The fraction of sp³-hybridized carbons (Fsp3) is 0.231. The summed E-state index contributed by atoms with van der Waals surface area (Å²) in [4.78, 5) is 3.59. The van der Waals surface area contributed by atoms with Crippen LogP contribution in [-0.2, 0) is 12.6 Å². The van der Waals surface area contributed by atoms with E-state index < -0.39 is 11.9 Å². The maximum atomic E-state index is 12.7. The lowest BCUT2D eigenvalue weighted by atomic mass is 10.2. The van der Waals surface area contributed by atoms with Crippen LogP contribution >= 0.6 is 23.6 Å². The number of thiophene rings is 1. The van der Waals surface area contributed by atoms with Crippen molar-refractivity contribution in [1.29, 1.82) is 0 Å². The average molecular weight is 331 g/mol. The van der Waals surface area contributed by atoms with Crippen molar-refractivity contribution >= 4 is 34.4 Å². The van der Waals surface area contributed by atoms with Crippen molar-refractivity contribution in [3.05, 3.63) is 45.8 Å². The molecule has 0 fully saturated rings. The molecule has 0 aliphatic carbocycles. The van der Waals surface area contributed by atoms with Gasteiger partial charge in [0.05, 0.1) is 5.56 Å². The molecule has 3 N–H and O–H groups in total. The number of rotatable bonds is 5. The zero-order chi connectivity index (χ0) is 15.5. The predicted molar refractivity (Wildman–Crippen MR) is 81.6 cm³/mol. The third-order valence-corrected chi connectivity index (χ3v) is 3.69. The van der Waals surface area contributed by atoms with Crippen molar-refractivity contribution < 1.29 is 13.2 Å². The molecule has 0 aliphatic rings. The van der Waals surface area contributed by atoms with Gasteiger partial charge in [-0.25, -0.2) is 4.98 Å². The van der Waals surface area contributed by atoms with Gasteiger partial charge in [-0.2, -0.15) is 24.5 Å². The van der Waals surface area contributed by atoms with Crippen LogP contribution in [0, 0.1) is 0 Å². The van der Waals surface area contributed by atoms with Gasteiger partial charge in [-0.05, 0) is 40.9 Å². The fourth-order valence-electron chi connectivity index (χ4n) is 1.71. The number of alkyl halides is 3. The number of hydrogen-bond donors (Lipinski definition) is 2. The Morgan fingerprint density at radius 3 is 2.67 bits per heavy atom. The number of nitrogens with two attached hydrogens (primary N) is 1. The summed E-state index contributed by atoms with van der Waals surface area (Å²) in [5, 5.41) is 6.80. The molecule has 0 spiro atoms. The highest BCUT2D eigenvalue weighted by atomic mass is 32.1. The number of thiocarbonyl (C=S) groups is 1. The Kier molecular flexibility index (Phi) is 4.79. The van der Waals surface area contributed by atoms with Gasteiger partial charge in [-0.1, -0.05) is 12.2 Å². The molecule has 112 valence electrons. The number of pyridine rings is 1. The lowest BCUT2D eigenvalue weighted by molar-refractivity contribution is -0.141. The van der Waals surface area contributed by atoms with Crippen LogP contribution in [0.2, 0.25) is 0 Å². The average Bonchev–Trinajstić information content (AvgIpc) is 2.90. The number of anilines is 1. The first kappa shape index (κ1) is 15.7. The van der Waals surface area contributed by atoms with Crippen LogP contribution in [0.4, 0.5) is 19.0 Å². The minimum atomic E-state index is -4.50. The Morgan fingerprint density at radius 1 is 1.33 bits per heavy atom. The Bertz CT molecular complexity index is 624. The van der Waals surface area contributed by atoms with E-state index in [0.717, 1.165) is 11.6 Å². The molecule has 0 atom stereocenters. The number of nitrogens with one attached hydrogen (secondary N) is 1. The van der Waals surface area contributed by atoms with Crippen LogP contribution in [0.3, 0.4) is 0 Å². The van der Waals surface area contributed by atoms with Gasteiger partial charge >= 0.3 is 6.18 Å². The van der Waals surface area contributed by atoms with Gasteiger partial charge in [0.25, 0.3) is 0 Å². The molecule has 2 aromatic rings. The van der Waals surface area contributed by atoms with E-state index >= 15 is 0 Å². The zero-order valence-electron chi connectivity index (χ0n) is 10.8. The van der Waals surface area contributed by atoms with Crippen LogP contribution < -0.4 is 11.1 Å². The molecule has 0 aliphatic heterocycles. The summed E-state index contributed by atoms with van der Waals surface area (Å²) in [5.74, 6) is 0.0626. The summed E-state index contributed by atoms with van der Waals surface area (Å²) in [7, 11) is 0. The molecule has 0 bridgehead atoms. The first-order valence-electron chi connectivity index (χ1n) is 6.01. The van der Waals surface area contributed by atoms with E-state index in [1.54, 1.807) is 11.3 Å². The molecule has 3 nitrogen and oxygen atoms in total. The van der Waals surface area contributed by atoms with Crippen molar-refractivity contribution in [2.75, 3.05) is 11.9 Å². The SMILES string of the molecule is NC(=S)c1ccc(C(F)(F)F)nc1NCCc1ccsc1. The maximum absolute atomic E-state index is 12.7. The lowest BCUT2D eigenvalue weighted by Crippen LogP contribution is -2.18. The quantitative estimate of drug-likeness (QED) is 0.824. The van der Waals surface area contributed by atoms with E-state index in [1.165, 1.54) is 6.07 Å². The number of aromatic nitrogens is 1. The Morgan fingerprint density at radius 2 is 2.10 bits per heavy atom. The summed E-state index contributed by atoms with van der Waals surface area (Å²) in [6, 6.07) is 4.07. The predicted octanol–water partition coefficient (Wildman–Crippen LogP) is 3.45. The third kappa shape index (κ3) is 4.15. The second-order valence-corrected chi connectivity index (χ2v) is 5.48. The summed E-state index contributed by atoms with van der Waals surface area (Å²) in [5.41, 5.74) is 5.96. The first-order chi connectivity index (χ1) is 9.88. The molecule has 0 radical (unpaired) electrons. The highest BCUT2D eigenvalue weighted by molar-refractivity contribution is 7.80. The number of hydrogen-bond acceptors (Lipinski definition) is 4. The van der Waals surface area contributed by atoms with Gasteiger partial charge in [0.1, 0.15) is 16.5 Å². The monoisotopic (exact) mass is 331 g/mol. The largest absolute Gasteiger partial charge is 0.433 e. The second kappa shape index (κ2) is 6.40. The Labute approximate surface area is 129 Å². The van der Waals surface area contributed by atoms with Crippen LogP contribution in [0.15, 0.2) is 29.0 Å². The van der Waals surface area contributed by atoms with E-state index in [2.05, 4.69) is 10.3 Å². The van der Waals surface area contributed by atoms with E-state index in [1.807, 2.05) is 16.8 Å². The molecule has 8 heteroatoms. The van der Waals surface area contributed by atoms with Crippen molar-refractivity contribution in [3.8, 4) is 0 Å². The first-order valence-corrected chi connectivity index (χ1v) is 7.36.